The van der Waals surface area contributed by atoms with Gasteiger partial charge in [-0.1, -0.05) is 6.58 Å². The number of rotatable bonds is 4. The van der Waals surface area contributed by atoms with Crippen LogP contribution in [0, 0.1) is 0 Å². The van der Waals surface area contributed by atoms with Gasteiger partial charge in [-0.2, -0.15) is 10.1 Å². The summed E-state index contributed by atoms with van der Waals surface area (Å²) in [5, 5.41) is 4.21. The summed E-state index contributed by atoms with van der Waals surface area (Å²) in [6.07, 6.45) is 11.1. The molecule has 0 aromatic carbocycles. The molecule has 140 valence electrons. The number of hydrogen-bond acceptors (Lipinski definition) is 5. The van der Waals surface area contributed by atoms with E-state index in [1.807, 2.05) is 34.8 Å². The lowest BCUT2D eigenvalue weighted by atomic mass is 10.2. The van der Waals surface area contributed by atoms with Crippen molar-refractivity contribution < 1.29 is 9.53 Å². The largest absolute Gasteiger partial charge is 0.461 e. The van der Waals surface area contributed by atoms with E-state index >= 15 is 0 Å². The summed E-state index contributed by atoms with van der Waals surface area (Å²) in [4.78, 5) is 22.8. The minimum Gasteiger partial charge on any atom is -0.461 e. The standard InChI is InChI=1S/C19H22N6O2/c1-3-18(26)24-8-4-5-15(6-9-24)27-19-22-16(14-12-21-23(2)13-14)11-17-20-7-10-25(17)19/h3,7,10-13,15H,1,4-6,8-9H2,2H3/t15-/m0/s1. The number of carbonyl (C=O) groups excluding carboxylic acids is 1. The van der Waals surface area contributed by atoms with Gasteiger partial charge in [0.15, 0.2) is 0 Å². The number of fused-ring (bicyclic) bond motifs is 1. The Morgan fingerprint density at radius 3 is 3.04 bits per heavy atom. The van der Waals surface area contributed by atoms with Crippen molar-refractivity contribution in [3.63, 3.8) is 0 Å². The molecule has 4 heterocycles. The fourth-order valence-corrected chi connectivity index (χ4v) is 3.36. The highest BCUT2D eigenvalue weighted by atomic mass is 16.5. The van der Waals surface area contributed by atoms with Crippen molar-refractivity contribution in [2.75, 3.05) is 13.1 Å². The lowest BCUT2D eigenvalue weighted by molar-refractivity contribution is -0.126. The molecule has 1 amide bonds. The van der Waals surface area contributed by atoms with E-state index in [9.17, 15) is 4.79 Å². The molecule has 0 N–H and O–H groups in total. The molecule has 0 radical (unpaired) electrons. The Morgan fingerprint density at radius 2 is 2.26 bits per heavy atom. The molecule has 27 heavy (non-hydrogen) atoms. The summed E-state index contributed by atoms with van der Waals surface area (Å²) >= 11 is 0. The minimum absolute atomic E-state index is 0.00476. The zero-order valence-electron chi connectivity index (χ0n) is 15.3. The van der Waals surface area contributed by atoms with Crippen molar-refractivity contribution in [2.45, 2.75) is 25.4 Å². The third-order valence-electron chi connectivity index (χ3n) is 4.79. The van der Waals surface area contributed by atoms with Crippen LogP contribution in [0.15, 0.2) is 43.5 Å². The highest BCUT2D eigenvalue weighted by Crippen LogP contribution is 2.24. The molecule has 8 heteroatoms. The van der Waals surface area contributed by atoms with Crippen molar-refractivity contribution >= 4 is 11.6 Å². The quantitative estimate of drug-likeness (QED) is 0.661. The van der Waals surface area contributed by atoms with Gasteiger partial charge in [0, 0.05) is 56.8 Å². The van der Waals surface area contributed by atoms with Crippen LogP contribution in [-0.4, -0.2) is 54.1 Å². The van der Waals surface area contributed by atoms with Crippen molar-refractivity contribution in [3.8, 4) is 17.3 Å². The zero-order chi connectivity index (χ0) is 18.8. The first-order valence-electron chi connectivity index (χ1n) is 9.05. The van der Waals surface area contributed by atoms with E-state index in [0.717, 1.165) is 42.7 Å². The predicted octanol–water partition coefficient (Wildman–Crippen LogP) is 2.08. The molecule has 0 saturated carbocycles. The zero-order valence-corrected chi connectivity index (χ0v) is 15.3. The number of amides is 1. The van der Waals surface area contributed by atoms with Gasteiger partial charge in [0.2, 0.25) is 5.91 Å². The van der Waals surface area contributed by atoms with Crippen molar-refractivity contribution in [3.05, 3.63) is 43.5 Å². The molecule has 1 saturated heterocycles. The van der Waals surface area contributed by atoms with Gasteiger partial charge in [0.1, 0.15) is 11.8 Å². The number of ether oxygens (including phenoxy) is 1. The Morgan fingerprint density at radius 1 is 1.37 bits per heavy atom. The molecule has 0 aliphatic carbocycles. The molecule has 1 aliphatic heterocycles. The lowest BCUT2D eigenvalue weighted by Crippen LogP contribution is -2.31. The summed E-state index contributed by atoms with van der Waals surface area (Å²) in [6.45, 7) is 4.96. The smallest absolute Gasteiger partial charge is 0.303 e. The van der Waals surface area contributed by atoms with E-state index in [1.54, 1.807) is 17.1 Å². The first kappa shape index (κ1) is 17.3. The maximum absolute atomic E-state index is 11.9. The van der Waals surface area contributed by atoms with Crippen LogP contribution in [0.1, 0.15) is 19.3 Å². The van der Waals surface area contributed by atoms with Gasteiger partial charge in [-0.15, -0.1) is 0 Å². The van der Waals surface area contributed by atoms with Crippen LogP contribution in [0.4, 0.5) is 0 Å². The maximum atomic E-state index is 11.9. The van der Waals surface area contributed by atoms with Gasteiger partial charge in [0.05, 0.1) is 11.9 Å². The second kappa shape index (κ2) is 7.22. The molecule has 1 fully saturated rings. The molecule has 3 aromatic heterocycles. The Hall–Kier alpha value is -3.16. The first-order valence-corrected chi connectivity index (χ1v) is 9.05. The van der Waals surface area contributed by atoms with Crippen LogP contribution in [0.5, 0.6) is 6.01 Å². The fraction of sp³-hybridized carbons (Fsp3) is 0.368. The molecular formula is C19H22N6O2. The Kier molecular flexibility index (Phi) is 4.62. The van der Waals surface area contributed by atoms with Crippen LogP contribution in [0.2, 0.25) is 0 Å². The number of nitrogens with zero attached hydrogens (tertiary/aromatic N) is 6. The molecule has 3 aromatic rings. The summed E-state index contributed by atoms with van der Waals surface area (Å²) in [5.74, 6) is -0.0238. The molecule has 8 nitrogen and oxygen atoms in total. The summed E-state index contributed by atoms with van der Waals surface area (Å²) < 4.78 is 9.84. The molecule has 0 spiro atoms. The number of likely N-dealkylation sites (tertiary alicyclic amines) is 1. The third-order valence-corrected chi connectivity index (χ3v) is 4.79. The molecule has 1 aliphatic rings. The maximum Gasteiger partial charge on any atom is 0.303 e. The lowest BCUT2D eigenvalue weighted by Gasteiger charge is -2.19. The van der Waals surface area contributed by atoms with E-state index in [0.29, 0.717) is 12.6 Å². The van der Waals surface area contributed by atoms with Crippen LogP contribution in [-0.2, 0) is 11.8 Å². The van der Waals surface area contributed by atoms with E-state index in [1.165, 1.54) is 6.08 Å². The number of hydrogen-bond donors (Lipinski definition) is 0. The Labute approximate surface area is 157 Å². The van der Waals surface area contributed by atoms with E-state index in [-0.39, 0.29) is 12.0 Å². The topological polar surface area (TPSA) is 77.6 Å². The normalized spacial score (nSPS) is 17.7. The van der Waals surface area contributed by atoms with Crippen LogP contribution in [0.3, 0.4) is 0 Å². The Balaban J connectivity index is 1.59. The van der Waals surface area contributed by atoms with Gasteiger partial charge < -0.3 is 9.64 Å². The minimum atomic E-state index is -0.0238. The summed E-state index contributed by atoms with van der Waals surface area (Å²) in [5.41, 5.74) is 2.46. The average molecular weight is 366 g/mol. The Bertz CT molecular complexity index is 976. The van der Waals surface area contributed by atoms with E-state index < -0.39 is 0 Å². The van der Waals surface area contributed by atoms with Gasteiger partial charge in [-0.25, -0.2) is 4.98 Å². The number of aromatic nitrogens is 5. The average Bonchev–Trinajstić information content (AvgIpc) is 3.26. The molecular weight excluding hydrogens is 344 g/mol. The van der Waals surface area contributed by atoms with Gasteiger partial charge in [-0.05, 0) is 18.9 Å². The summed E-state index contributed by atoms with van der Waals surface area (Å²) in [6, 6.07) is 2.43. The van der Waals surface area contributed by atoms with Crippen LogP contribution in [0.25, 0.3) is 16.9 Å². The van der Waals surface area contributed by atoms with Crippen molar-refractivity contribution in [1.29, 1.82) is 0 Å². The molecule has 1 atom stereocenters. The predicted molar refractivity (Wildman–Crippen MR) is 100 cm³/mol. The molecule has 4 rings (SSSR count). The van der Waals surface area contributed by atoms with Gasteiger partial charge >= 0.3 is 6.01 Å². The van der Waals surface area contributed by atoms with Gasteiger partial charge in [-0.3, -0.25) is 13.9 Å². The fourth-order valence-electron chi connectivity index (χ4n) is 3.36. The van der Waals surface area contributed by atoms with Crippen molar-refractivity contribution in [1.82, 2.24) is 29.0 Å². The number of aryl methyl sites for hydroxylation is 1. The van der Waals surface area contributed by atoms with Crippen LogP contribution < -0.4 is 4.74 Å². The third kappa shape index (κ3) is 3.55. The van der Waals surface area contributed by atoms with E-state index in [2.05, 4.69) is 16.7 Å². The molecule has 0 unspecified atom stereocenters. The van der Waals surface area contributed by atoms with E-state index in [4.69, 9.17) is 9.72 Å². The number of carbonyl (C=O) groups is 1. The monoisotopic (exact) mass is 366 g/mol. The van der Waals surface area contributed by atoms with Crippen molar-refractivity contribution in [2.24, 2.45) is 7.05 Å². The highest BCUT2D eigenvalue weighted by molar-refractivity contribution is 5.86. The van der Waals surface area contributed by atoms with Crippen LogP contribution >= 0.6 is 0 Å². The second-order valence-corrected chi connectivity index (χ2v) is 6.68. The summed E-state index contributed by atoms with van der Waals surface area (Å²) in [7, 11) is 1.87. The number of imidazole rings is 1. The SMILES string of the molecule is C=CC(=O)N1CCC[C@H](Oc2nc(-c3cnn(C)c3)cc3nccn23)CC1. The highest BCUT2D eigenvalue weighted by Gasteiger charge is 2.22. The first-order chi connectivity index (χ1) is 13.1. The second-order valence-electron chi connectivity index (χ2n) is 6.68. The molecule has 0 bridgehead atoms. The van der Waals surface area contributed by atoms with Gasteiger partial charge in [0.25, 0.3) is 0 Å².